The van der Waals surface area contributed by atoms with E-state index in [0.717, 1.165) is 5.75 Å². The van der Waals surface area contributed by atoms with Crippen LogP contribution in [0.15, 0.2) is 18.2 Å². The summed E-state index contributed by atoms with van der Waals surface area (Å²) in [6, 6.07) is 9.90. The Labute approximate surface area is 66.0 Å². The zero-order chi connectivity index (χ0) is 8.10. The number of nitriles is 1. The van der Waals surface area contributed by atoms with Crippen LogP contribution in [0, 0.1) is 17.4 Å². The number of hydrogen-bond donors (Lipinski definition) is 0. The maximum Gasteiger partial charge on any atom is 0.120 e. The second-order valence-corrected chi connectivity index (χ2v) is 1.98. The maximum atomic E-state index is 8.49. The molecule has 0 heterocycles. The van der Waals surface area contributed by atoms with E-state index in [-0.39, 0.29) is 0 Å². The summed E-state index contributed by atoms with van der Waals surface area (Å²) in [7, 11) is 0. The average molecular weight is 146 g/mol. The van der Waals surface area contributed by atoms with Crippen LogP contribution >= 0.6 is 0 Å². The van der Waals surface area contributed by atoms with Gasteiger partial charge in [0, 0.05) is 6.07 Å². The van der Waals surface area contributed by atoms with Gasteiger partial charge in [-0.15, -0.1) is 0 Å². The van der Waals surface area contributed by atoms with E-state index in [2.05, 4.69) is 6.07 Å². The van der Waals surface area contributed by atoms with Gasteiger partial charge < -0.3 is 4.74 Å². The van der Waals surface area contributed by atoms with E-state index in [9.17, 15) is 0 Å². The van der Waals surface area contributed by atoms with Crippen LogP contribution in [0.2, 0.25) is 0 Å². The van der Waals surface area contributed by atoms with Crippen molar-refractivity contribution in [3.8, 4) is 11.8 Å². The van der Waals surface area contributed by atoms with Crippen molar-refractivity contribution in [2.45, 2.75) is 6.92 Å². The van der Waals surface area contributed by atoms with Crippen LogP contribution in [0.3, 0.4) is 0 Å². The van der Waals surface area contributed by atoms with E-state index < -0.39 is 0 Å². The molecule has 1 aromatic rings. The average Bonchev–Trinajstić information content (AvgIpc) is 2.06. The minimum Gasteiger partial charge on any atom is -0.494 e. The van der Waals surface area contributed by atoms with E-state index in [4.69, 9.17) is 10.00 Å². The summed E-state index contributed by atoms with van der Waals surface area (Å²) in [5, 5.41) is 8.49. The number of ether oxygens (including phenoxy) is 1. The van der Waals surface area contributed by atoms with Gasteiger partial charge in [-0.25, -0.2) is 0 Å². The molecule has 1 radical (unpaired) electrons. The number of benzene rings is 1. The quantitative estimate of drug-likeness (QED) is 0.636. The SMILES string of the molecule is CCOc1cc[c]c(C#N)c1. The molecule has 0 saturated carbocycles. The van der Waals surface area contributed by atoms with Crippen molar-refractivity contribution < 1.29 is 4.74 Å². The van der Waals surface area contributed by atoms with E-state index in [1.807, 2.05) is 13.0 Å². The third kappa shape index (κ3) is 1.98. The standard InChI is InChI=1S/C9H8NO/c1-2-11-9-5-3-4-8(6-9)7-10/h3,5-6H,2H2,1H3. The first kappa shape index (κ1) is 7.62. The lowest BCUT2D eigenvalue weighted by molar-refractivity contribution is 0.340. The lowest BCUT2D eigenvalue weighted by atomic mass is 10.2. The Morgan fingerprint density at radius 1 is 1.73 bits per heavy atom. The molecule has 0 atom stereocenters. The topological polar surface area (TPSA) is 33.0 Å². The van der Waals surface area contributed by atoms with Crippen molar-refractivity contribution >= 4 is 0 Å². The van der Waals surface area contributed by atoms with Gasteiger partial charge in [0.1, 0.15) is 5.75 Å². The van der Waals surface area contributed by atoms with Crippen LogP contribution in [0.5, 0.6) is 5.75 Å². The van der Waals surface area contributed by atoms with Gasteiger partial charge in [-0.05, 0) is 25.1 Å². The predicted octanol–water partition coefficient (Wildman–Crippen LogP) is 1.76. The molecule has 2 nitrogen and oxygen atoms in total. The Morgan fingerprint density at radius 3 is 3.18 bits per heavy atom. The third-order valence-electron chi connectivity index (χ3n) is 1.20. The van der Waals surface area contributed by atoms with Gasteiger partial charge in [-0.1, -0.05) is 0 Å². The number of rotatable bonds is 2. The third-order valence-corrected chi connectivity index (χ3v) is 1.20. The van der Waals surface area contributed by atoms with Crippen molar-refractivity contribution in [2.24, 2.45) is 0 Å². The van der Waals surface area contributed by atoms with Crippen LogP contribution < -0.4 is 4.74 Å². The Kier molecular flexibility index (Phi) is 2.51. The molecule has 0 aliphatic heterocycles. The predicted molar refractivity (Wildman–Crippen MR) is 41.2 cm³/mol. The molecule has 1 rings (SSSR count). The first-order chi connectivity index (χ1) is 5.36. The normalized spacial score (nSPS) is 8.73. The molecule has 0 unspecified atom stereocenters. The van der Waals surface area contributed by atoms with Crippen molar-refractivity contribution in [1.82, 2.24) is 0 Å². The van der Waals surface area contributed by atoms with E-state index in [0.29, 0.717) is 12.2 Å². The van der Waals surface area contributed by atoms with Gasteiger partial charge in [0.2, 0.25) is 0 Å². The smallest absolute Gasteiger partial charge is 0.120 e. The van der Waals surface area contributed by atoms with Gasteiger partial charge >= 0.3 is 0 Å². The highest BCUT2D eigenvalue weighted by Gasteiger charge is 1.93. The summed E-state index contributed by atoms with van der Waals surface area (Å²) >= 11 is 0. The zero-order valence-electron chi connectivity index (χ0n) is 6.29. The van der Waals surface area contributed by atoms with Crippen LogP contribution in [-0.4, -0.2) is 6.61 Å². The van der Waals surface area contributed by atoms with Gasteiger partial charge in [0.15, 0.2) is 0 Å². The largest absolute Gasteiger partial charge is 0.494 e. The van der Waals surface area contributed by atoms with Gasteiger partial charge in [0.05, 0.1) is 18.2 Å². The molecule has 0 fully saturated rings. The van der Waals surface area contributed by atoms with Crippen molar-refractivity contribution in [3.05, 3.63) is 29.8 Å². The second-order valence-electron chi connectivity index (χ2n) is 1.98. The molecular formula is C9H8NO. The molecule has 11 heavy (non-hydrogen) atoms. The van der Waals surface area contributed by atoms with E-state index in [1.165, 1.54) is 0 Å². The van der Waals surface area contributed by atoms with Crippen molar-refractivity contribution in [1.29, 1.82) is 5.26 Å². The fourth-order valence-electron chi connectivity index (χ4n) is 0.767. The summed E-state index contributed by atoms with van der Waals surface area (Å²) in [5.41, 5.74) is 0.510. The molecular weight excluding hydrogens is 138 g/mol. The maximum absolute atomic E-state index is 8.49. The summed E-state index contributed by atoms with van der Waals surface area (Å²) < 4.78 is 5.18. The molecule has 55 valence electrons. The first-order valence-corrected chi connectivity index (χ1v) is 3.41. The number of hydrogen-bond acceptors (Lipinski definition) is 2. The zero-order valence-corrected chi connectivity index (χ0v) is 6.29. The van der Waals surface area contributed by atoms with Gasteiger partial charge in [-0.2, -0.15) is 5.26 Å². The highest BCUT2D eigenvalue weighted by molar-refractivity contribution is 5.35. The van der Waals surface area contributed by atoms with Crippen LogP contribution in [-0.2, 0) is 0 Å². The van der Waals surface area contributed by atoms with Crippen LogP contribution in [0.4, 0.5) is 0 Å². The Hall–Kier alpha value is -1.49. The summed E-state index contributed by atoms with van der Waals surface area (Å²) in [6.45, 7) is 2.53. The Morgan fingerprint density at radius 2 is 2.55 bits per heavy atom. The molecule has 0 spiro atoms. The van der Waals surface area contributed by atoms with Crippen molar-refractivity contribution in [2.75, 3.05) is 6.61 Å². The lowest BCUT2D eigenvalue weighted by Crippen LogP contribution is -1.90. The van der Waals surface area contributed by atoms with E-state index in [1.54, 1.807) is 18.2 Å². The molecule has 0 amide bonds. The highest BCUT2D eigenvalue weighted by Crippen LogP contribution is 2.11. The molecule has 2 heteroatoms. The van der Waals surface area contributed by atoms with E-state index >= 15 is 0 Å². The Bertz CT molecular complexity index is 275. The fraction of sp³-hybridized carbons (Fsp3) is 0.222. The molecule has 0 aliphatic rings. The Balaban J connectivity index is 2.85. The van der Waals surface area contributed by atoms with Gasteiger partial charge in [0.25, 0.3) is 0 Å². The highest BCUT2D eigenvalue weighted by atomic mass is 16.5. The summed E-state index contributed by atoms with van der Waals surface area (Å²) in [4.78, 5) is 0. The minimum atomic E-state index is 0.510. The van der Waals surface area contributed by atoms with Crippen LogP contribution in [0.25, 0.3) is 0 Å². The van der Waals surface area contributed by atoms with Crippen molar-refractivity contribution in [3.63, 3.8) is 0 Å². The monoisotopic (exact) mass is 146 g/mol. The second kappa shape index (κ2) is 3.62. The van der Waals surface area contributed by atoms with Gasteiger partial charge in [-0.3, -0.25) is 0 Å². The summed E-state index contributed by atoms with van der Waals surface area (Å²) in [6.07, 6.45) is 0. The number of nitrogens with zero attached hydrogens (tertiary/aromatic N) is 1. The fourth-order valence-corrected chi connectivity index (χ4v) is 0.767. The molecule has 0 N–H and O–H groups in total. The summed E-state index contributed by atoms with van der Waals surface area (Å²) in [5.74, 6) is 0.725. The minimum absolute atomic E-state index is 0.510. The molecule has 0 aromatic heterocycles. The molecule has 0 saturated heterocycles. The molecule has 1 aromatic carbocycles. The molecule has 0 bridgehead atoms. The van der Waals surface area contributed by atoms with Crippen LogP contribution in [0.1, 0.15) is 12.5 Å². The first-order valence-electron chi connectivity index (χ1n) is 3.41. The lowest BCUT2D eigenvalue weighted by Gasteiger charge is -2.00. The molecule has 0 aliphatic carbocycles.